The molecular formula is C21H23NO4. The SMILES string of the molecule is Cc1cccc(C(=O)OCC(=O)c2ccc(NC(=O)CC(C)C)cc2)c1. The average molecular weight is 353 g/mol. The fourth-order valence-electron chi connectivity index (χ4n) is 2.39. The van der Waals surface area contributed by atoms with Crippen molar-refractivity contribution in [2.45, 2.75) is 27.2 Å². The van der Waals surface area contributed by atoms with Gasteiger partial charge in [0, 0.05) is 17.7 Å². The first-order valence-corrected chi connectivity index (χ1v) is 8.52. The van der Waals surface area contributed by atoms with E-state index in [-0.39, 0.29) is 24.2 Å². The highest BCUT2D eigenvalue weighted by Crippen LogP contribution is 2.12. The molecule has 26 heavy (non-hydrogen) atoms. The lowest BCUT2D eigenvalue weighted by atomic mass is 10.1. The second kappa shape index (κ2) is 8.94. The molecule has 0 saturated carbocycles. The Balaban J connectivity index is 1.89. The van der Waals surface area contributed by atoms with E-state index in [0.717, 1.165) is 5.56 Å². The number of nitrogens with one attached hydrogen (secondary N) is 1. The van der Waals surface area contributed by atoms with Crippen LogP contribution in [0.4, 0.5) is 5.69 Å². The number of rotatable bonds is 7. The number of esters is 1. The lowest BCUT2D eigenvalue weighted by Gasteiger charge is -2.08. The minimum absolute atomic E-state index is 0.0637. The zero-order valence-electron chi connectivity index (χ0n) is 15.2. The van der Waals surface area contributed by atoms with Crippen LogP contribution in [0.2, 0.25) is 0 Å². The fourth-order valence-corrected chi connectivity index (χ4v) is 2.39. The van der Waals surface area contributed by atoms with E-state index in [4.69, 9.17) is 4.74 Å². The van der Waals surface area contributed by atoms with Gasteiger partial charge in [-0.1, -0.05) is 31.5 Å². The summed E-state index contributed by atoms with van der Waals surface area (Å²) < 4.78 is 5.08. The Hall–Kier alpha value is -2.95. The molecule has 5 nitrogen and oxygen atoms in total. The summed E-state index contributed by atoms with van der Waals surface area (Å²) >= 11 is 0. The Morgan fingerprint density at radius 3 is 2.31 bits per heavy atom. The summed E-state index contributed by atoms with van der Waals surface area (Å²) in [5.41, 5.74) is 2.41. The molecule has 1 amide bonds. The van der Waals surface area contributed by atoms with Crippen molar-refractivity contribution in [2.75, 3.05) is 11.9 Å². The van der Waals surface area contributed by atoms with Crippen LogP contribution in [0.5, 0.6) is 0 Å². The van der Waals surface area contributed by atoms with Crippen molar-refractivity contribution in [3.05, 3.63) is 65.2 Å². The van der Waals surface area contributed by atoms with Gasteiger partial charge in [-0.3, -0.25) is 9.59 Å². The van der Waals surface area contributed by atoms with Crippen LogP contribution in [-0.2, 0) is 9.53 Å². The molecule has 0 bridgehead atoms. The van der Waals surface area contributed by atoms with Gasteiger partial charge in [0.05, 0.1) is 5.56 Å². The lowest BCUT2D eigenvalue weighted by Crippen LogP contribution is -2.15. The zero-order chi connectivity index (χ0) is 19.1. The van der Waals surface area contributed by atoms with Crippen molar-refractivity contribution in [3.63, 3.8) is 0 Å². The summed E-state index contributed by atoms with van der Waals surface area (Å²) in [4.78, 5) is 35.9. The van der Waals surface area contributed by atoms with Gasteiger partial charge < -0.3 is 10.1 Å². The molecule has 1 N–H and O–H groups in total. The average Bonchev–Trinajstić information content (AvgIpc) is 2.59. The first-order chi connectivity index (χ1) is 12.3. The van der Waals surface area contributed by atoms with E-state index in [2.05, 4.69) is 5.32 Å². The van der Waals surface area contributed by atoms with E-state index in [1.54, 1.807) is 42.5 Å². The summed E-state index contributed by atoms with van der Waals surface area (Å²) in [6.07, 6.45) is 0.440. The number of amides is 1. The molecule has 0 aromatic heterocycles. The minimum atomic E-state index is -0.528. The van der Waals surface area contributed by atoms with Crippen molar-refractivity contribution in [3.8, 4) is 0 Å². The molecule has 0 aliphatic carbocycles. The summed E-state index contributed by atoms with van der Waals surface area (Å²) in [6.45, 7) is 5.49. The third kappa shape index (κ3) is 5.84. The van der Waals surface area contributed by atoms with E-state index < -0.39 is 5.97 Å². The normalized spacial score (nSPS) is 10.5. The lowest BCUT2D eigenvalue weighted by molar-refractivity contribution is -0.116. The molecule has 0 radical (unpaired) electrons. The van der Waals surface area contributed by atoms with Gasteiger partial charge in [0.25, 0.3) is 0 Å². The van der Waals surface area contributed by atoms with E-state index in [1.807, 2.05) is 26.8 Å². The molecule has 0 heterocycles. The second-order valence-corrected chi connectivity index (χ2v) is 6.59. The molecule has 0 saturated heterocycles. The van der Waals surface area contributed by atoms with Gasteiger partial charge in [0.1, 0.15) is 0 Å². The number of carbonyl (C=O) groups is 3. The van der Waals surface area contributed by atoms with Crippen molar-refractivity contribution in [1.29, 1.82) is 0 Å². The molecule has 2 rings (SSSR count). The predicted molar refractivity (Wildman–Crippen MR) is 100 cm³/mol. The molecule has 2 aromatic carbocycles. The molecule has 2 aromatic rings. The molecule has 0 spiro atoms. The third-order valence-corrected chi connectivity index (χ3v) is 3.67. The van der Waals surface area contributed by atoms with Crippen molar-refractivity contribution >= 4 is 23.3 Å². The van der Waals surface area contributed by atoms with Crippen molar-refractivity contribution < 1.29 is 19.1 Å². The van der Waals surface area contributed by atoms with Gasteiger partial charge in [-0.2, -0.15) is 0 Å². The second-order valence-electron chi connectivity index (χ2n) is 6.59. The largest absolute Gasteiger partial charge is 0.454 e. The molecule has 5 heteroatoms. The first kappa shape index (κ1) is 19.4. The Morgan fingerprint density at radius 2 is 1.69 bits per heavy atom. The summed E-state index contributed by atoms with van der Waals surface area (Å²) in [6, 6.07) is 13.5. The summed E-state index contributed by atoms with van der Waals surface area (Å²) in [5.74, 6) is -0.615. The Kier molecular flexibility index (Phi) is 6.67. The number of aryl methyl sites for hydroxylation is 1. The highest BCUT2D eigenvalue weighted by molar-refractivity contribution is 6.00. The van der Waals surface area contributed by atoms with Gasteiger partial charge >= 0.3 is 5.97 Å². The molecule has 136 valence electrons. The minimum Gasteiger partial charge on any atom is -0.454 e. The van der Waals surface area contributed by atoms with Gasteiger partial charge in [-0.25, -0.2) is 4.79 Å². The number of ether oxygens (including phenoxy) is 1. The van der Waals surface area contributed by atoms with Crippen LogP contribution >= 0.6 is 0 Å². The maximum absolute atomic E-state index is 12.2. The topological polar surface area (TPSA) is 72.5 Å². The van der Waals surface area contributed by atoms with Gasteiger partial charge in [-0.05, 0) is 49.2 Å². The maximum Gasteiger partial charge on any atom is 0.338 e. The van der Waals surface area contributed by atoms with Gasteiger partial charge in [0.15, 0.2) is 12.4 Å². The molecule has 0 atom stereocenters. The number of anilines is 1. The van der Waals surface area contributed by atoms with Crippen molar-refractivity contribution in [2.24, 2.45) is 5.92 Å². The van der Waals surface area contributed by atoms with E-state index >= 15 is 0 Å². The number of carbonyl (C=O) groups excluding carboxylic acids is 3. The van der Waals surface area contributed by atoms with Crippen LogP contribution in [0.15, 0.2) is 48.5 Å². The first-order valence-electron chi connectivity index (χ1n) is 8.52. The fraction of sp³-hybridized carbons (Fsp3) is 0.286. The van der Waals surface area contributed by atoms with Crippen LogP contribution in [0.1, 0.15) is 46.5 Å². The van der Waals surface area contributed by atoms with Crippen LogP contribution in [-0.4, -0.2) is 24.3 Å². The van der Waals surface area contributed by atoms with Crippen LogP contribution < -0.4 is 5.32 Å². The van der Waals surface area contributed by atoms with Gasteiger partial charge in [0.2, 0.25) is 5.91 Å². The van der Waals surface area contributed by atoms with E-state index in [9.17, 15) is 14.4 Å². The quantitative estimate of drug-likeness (QED) is 0.603. The third-order valence-electron chi connectivity index (χ3n) is 3.67. The monoisotopic (exact) mass is 353 g/mol. The number of hydrogen-bond acceptors (Lipinski definition) is 4. The number of benzene rings is 2. The molecule has 0 fully saturated rings. The highest BCUT2D eigenvalue weighted by atomic mass is 16.5. The molecular weight excluding hydrogens is 330 g/mol. The predicted octanol–water partition coefficient (Wildman–Crippen LogP) is 4.02. The van der Waals surface area contributed by atoms with Crippen LogP contribution in [0.25, 0.3) is 0 Å². The number of hydrogen-bond donors (Lipinski definition) is 1. The molecule has 0 unspecified atom stereocenters. The molecule has 0 aliphatic heterocycles. The Bertz CT molecular complexity index is 794. The standard InChI is InChI=1S/C21H23NO4/c1-14(2)11-20(24)22-18-9-7-16(8-10-18)19(23)13-26-21(25)17-6-4-5-15(3)12-17/h4-10,12,14H,11,13H2,1-3H3,(H,22,24). The Morgan fingerprint density at radius 1 is 1.00 bits per heavy atom. The van der Waals surface area contributed by atoms with Gasteiger partial charge in [-0.15, -0.1) is 0 Å². The smallest absolute Gasteiger partial charge is 0.338 e. The number of ketones is 1. The highest BCUT2D eigenvalue weighted by Gasteiger charge is 2.12. The summed E-state index contributed by atoms with van der Waals surface area (Å²) in [7, 11) is 0. The van der Waals surface area contributed by atoms with Crippen LogP contribution in [0, 0.1) is 12.8 Å². The Labute approximate surface area is 153 Å². The molecule has 0 aliphatic rings. The van der Waals surface area contributed by atoms with E-state index in [0.29, 0.717) is 23.2 Å². The van der Waals surface area contributed by atoms with E-state index in [1.165, 1.54) is 0 Å². The van der Waals surface area contributed by atoms with Crippen molar-refractivity contribution in [1.82, 2.24) is 0 Å². The zero-order valence-corrected chi connectivity index (χ0v) is 15.2. The summed E-state index contributed by atoms with van der Waals surface area (Å²) in [5, 5.41) is 2.78. The van der Waals surface area contributed by atoms with Crippen LogP contribution in [0.3, 0.4) is 0 Å². The number of Topliss-reactive ketones (excluding diaryl/α,β-unsaturated/α-hetero) is 1. The maximum atomic E-state index is 12.2.